The molecule has 7 nitrogen and oxygen atoms in total. The summed E-state index contributed by atoms with van der Waals surface area (Å²) in [5.41, 5.74) is 6.47. The van der Waals surface area contributed by atoms with Crippen LogP contribution >= 0.6 is 0 Å². The van der Waals surface area contributed by atoms with E-state index in [0.717, 1.165) is 5.56 Å². The third-order valence-electron chi connectivity index (χ3n) is 3.15. The molecule has 0 aliphatic carbocycles. The van der Waals surface area contributed by atoms with Gasteiger partial charge in [-0.15, -0.1) is 0 Å². The van der Waals surface area contributed by atoms with Crippen LogP contribution < -0.4 is 16.0 Å². The van der Waals surface area contributed by atoms with Crippen molar-refractivity contribution in [1.29, 1.82) is 0 Å². The number of hydrogen-bond donors (Lipinski definition) is 3. The van der Waals surface area contributed by atoms with Crippen molar-refractivity contribution in [2.45, 2.75) is 12.3 Å². The van der Waals surface area contributed by atoms with Gasteiger partial charge in [-0.25, -0.2) is 4.79 Å². The van der Waals surface area contributed by atoms with Crippen molar-refractivity contribution in [1.82, 2.24) is 5.32 Å². The fourth-order valence-corrected chi connectivity index (χ4v) is 2.33. The second-order valence-electron chi connectivity index (χ2n) is 4.59. The average molecular weight is 277 g/mol. The minimum Gasteiger partial charge on any atom is -0.481 e. The highest BCUT2D eigenvalue weighted by Crippen LogP contribution is 2.37. The molecule has 0 saturated heterocycles. The molecule has 7 heteroatoms. The summed E-state index contributed by atoms with van der Waals surface area (Å²) in [5, 5.41) is 11.3. The number of urea groups is 1. The largest absolute Gasteiger partial charge is 0.481 e. The first-order chi connectivity index (χ1) is 9.49. The van der Waals surface area contributed by atoms with Crippen LogP contribution in [0, 0.1) is 0 Å². The van der Waals surface area contributed by atoms with Gasteiger partial charge in [-0.3, -0.25) is 14.5 Å². The van der Waals surface area contributed by atoms with Crippen molar-refractivity contribution < 1.29 is 19.5 Å². The first-order valence-electron chi connectivity index (χ1n) is 6.13. The van der Waals surface area contributed by atoms with Gasteiger partial charge in [0.15, 0.2) is 0 Å². The number of amides is 3. The van der Waals surface area contributed by atoms with E-state index in [4.69, 9.17) is 10.8 Å². The molecule has 0 radical (unpaired) electrons. The van der Waals surface area contributed by atoms with Crippen molar-refractivity contribution in [2.75, 3.05) is 18.0 Å². The lowest BCUT2D eigenvalue weighted by Crippen LogP contribution is -2.43. The van der Waals surface area contributed by atoms with E-state index in [-0.39, 0.29) is 25.4 Å². The number of fused-ring (bicyclic) bond motifs is 1. The fraction of sp³-hybridized carbons (Fsp3) is 0.308. The predicted octanol–water partition coefficient (Wildman–Crippen LogP) is 0.260. The summed E-state index contributed by atoms with van der Waals surface area (Å²) in [6.45, 7) is 0.0251. The molecule has 0 spiro atoms. The first kappa shape index (κ1) is 13.9. The van der Waals surface area contributed by atoms with Crippen LogP contribution in [-0.2, 0) is 9.59 Å². The average Bonchev–Trinajstić information content (AvgIpc) is 2.74. The molecule has 0 bridgehead atoms. The lowest BCUT2D eigenvalue weighted by atomic mass is 9.98. The zero-order chi connectivity index (χ0) is 14.7. The minimum absolute atomic E-state index is 0.0450. The van der Waals surface area contributed by atoms with E-state index < -0.39 is 17.9 Å². The molecule has 1 aliphatic heterocycles. The Morgan fingerprint density at radius 1 is 1.35 bits per heavy atom. The molecule has 0 fully saturated rings. The highest BCUT2D eigenvalue weighted by atomic mass is 16.4. The van der Waals surface area contributed by atoms with E-state index in [1.165, 1.54) is 4.90 Å². The Morgan fingerprint density at radius 3 is 2.70 bits per heavy atom. The molecule has 1 heterocycles. The van der Waals surface area contributed by atoms with Crippen LogP contribution in [0.1, 0.15) is 17.9 Å². The fourth-order valence-electron chi connectivity index (χ4n) is 2.33. The van der Waals surface area contributed by atoms with Crippen molar-refractivity contribution >= 4 is 23.6 Å². The van der Waals surface area contributed by atoms with E-state index in [0.29, 0.717) is 5.69 Å². The van der Waals surface area contributed by atoms with Crippen LogP contribution in [-0.4, -0.2) is 36.1 Å². The summed E-state index contributed by atoms with van der Waals surface area (Å²) in [6, 6.07) is 6.68. The number of hydrogen-bond acceptors (Lipinski definition) is 3. The van der Waals surface area contributed by atoms with E-state index in [1.807, 2.05) is 6.07 Å². The van der Waals surface area contributed by atoms with E-state index in [9.17, 15) is 14.4 Å². The molecular weight excluding hydrogens is 262 g/mol. The number of carbonyl (C=O) groups is 3. The van der Waals surface area contributed by atoms with Gasteiger partial charge in [0.2, 0.25) is 5.91 Å². The van der Waals surface area contributed by atoms with Crippen molar-refractivity contribution in [3.05, 3.63) is 29.8 Å². The predicted molar refractivity (Wildman–Crippen MR) is 71.4 cm³/mol. The van der Waals surface area contributed by atoms with Gasteiger partial charge in [0.1, 0.15) is 0 Å². The number of para-hydroxylation sites is 1. The molecular formula is C13H15N3O4. The highest BCUT2D eigenvalue weighted by Gasteiger charge is 2.33. The molecule has 20 heavy (non-hydrogen) atoms. The van der Waals surface area contributed by atoms with Gasteiger partial charge >= 0.3 is 12.0 Å². The first-order valence-corrected chi connectivity index (χ1v) is 6.13. The number of carboxylic acids is 1. The maximum atomic E-state index is 12.0. The third-order valence-corrected chi connectivity index (χ3v) is 3.15. The number of primary amides is 1. The topological polar surface area (TPSA) is 113 Å². The Morgan fingerprint density at radius 2 is 2.05 bits per heavy atom. The van der Waals surface area contributed by atoms with Crippen molar-refractivity contribution in [2.24, 2.45) is 5.73 Å². The monoisotopic (exact) mass is 277 g/mol. The molecule has 1 aromatic rings. The van der Waals surface area contributed by atoms with Crippen LogP contribution in [0.5, 0.6) is 0 Å². The van der Waals surface area contributed by atoms with Gasteiger partial charge in [0, 0.05) is 18.2 Å². The van der Waals surface area contributed by atoms with Gasteiger partial charge in [-0.05, 0) is 11.6 Å². The Balaban J connectivity index is 2.18. The van der Waals surface area contributed by atoms with Crippen LogP contribution in [0.2, 0.25) is 0 Å². The van der Waals surface area contributed by atoms with Crippen molar-refractivity contribution in [3.63, 3.8) is 0 Å². The minimum atomic E-state index is -0.913. The number of aliphatic carboxylic acids is 1. The highest BCUT2D eigenvalue weighted by molar-refractivity contribution is 5.96. The van der Waals surface area contributed by atoms with Gasteiger partial charge in [0.25, 0.3) is 0 Å². The number of benzene rings is 1. The van der Waals surface area contributed by atoms with Crippen LogP contribution in [0.25, 0.3) is 0 Å². The van der Waals surface area contributed by atoms with Gasteiger partial charge in [-0.2, -0.15) is 0 Å². The number of nitrogens with two attached hydrogens (primary N) is 1. The van der Waals surface area contributed by atoms with Crippen molar-refractivity contribution in [3.8, 4) is 0 Å². The number of carboxylic acid groups (broad SMARTS) is 1. The zero-order valence-corrected chi connectivity index (χ0v) is 10.7. The molecule has 1 aromatic carbocycles. The molecule has 1 aliphatic rings. The van der Waals surface area contributed by atoms with Gasteiger partial charge in [0.05, 0.1) is 13.0 Å². The maximum absolute atomic E-state index is 12.0. The van der Waals surface area contributed by atoms with Crippen LogP contribution in [0.3, 0.4) is 0 Å². The Kier molecular flexibility index (Phi) is 3.88. The summed E-state index contributed by atoms with van der Waals surface area (Å²) < 4.78 is 0. The SMILES string of the molecule is NC(=O)CNC(=O)N1CC(CC(=O)O)c2ccccc21. The number of rotatable bonds is 4. The van der Waals surface area contributed by atoms with E-state index >= 15 is 0 Å². The summed E-state index contributed by atoms with van der Waals surface area (Å²) in [7, 11) is 0. The molecule has 0 saturated carbocycles. The second-order valence-corrected chi connectivity index (χ2v) is 4.59. The van der Waals surface area contributed by atoms with Crippen LogP contribution in [0.15, 0.2) is 24.3 Å². The Hall–Kier alpha value is -2.57. The second kappa shape index (κ2) is 5.60. The number of carbonyl (C=O) groups excluding carboxylic acids is 2. The normalized spacial score (nSPS) is 16.6. The number of nitrogens with zero attached hydrogens (tertiary/aromatic N) is 1. The van der Waals surface area contributed by atoms with E-state index in [1.54, 1.807) is 18.2 Å². The standard InChI is InChI=1S/C13H15N3O4/c14-11(17)6-15-13(20)16-7-8(5-12(18)19)9-3-1-2-4-10(9)16/h1-4,8H,5-7H2,(H2,14,17)(H,15,20)(H,18,19). The van der Waals surface area contributed by atoms with E-state index in [2.05, 4.69) is 5.32 Å². The lowest BCUT2D eigenvalue weighted by Gasteiger charge is -2.17. The Labute approximate surface area is 115 Å². The summed E-state index contributed by atoms with van der Waals surface area (Å²) in [6.07, 6.45) is -0.0450. The number of nitrogens with one attached hydrogen (secondary N) is 1. The van der Waals surface area contributed by atoms with Gasteiger partial charge in [-0.1, -0.05) is 18.2 Å². The zero-order valence-electron chi connectivity index (χ0n) is 10.7. The summed E-state index contributed by atoms with van der Waals surface area (Å²) in [4.78, 5) is 35.0. The third kappa shape index (κ3) is 2.87. The summed E-state index contributed by atoms with van der Waals surface area (Å²) >= 11 is 0. The van der Waals surface area contributed by atoms with Crippen LogP contribution in [0.4, 0.5) is 10.5 Å². The molecule has 1 atom stereocenters. The quantitative estimate of drug-likeness (QED) is 0.732. The number of anilines is 1. The smallest absolute Gasteiger partial charge is 0.322 e. The lowest BCUT2D eigenvalue weighted by molar-refractivity contribution is -0.137. The maximum Gasteiger partial charge on any atom is 0.322 e. The molecule has 4 N–H and O–H groups in total. The molecule has 3 amide bonds. The Bertz CT molecular complexity index is 558. The summed E-state index contributed by atoms with van der Waals surface area (Å²) in [5.74, 6) is -1.79. The molecule has 106 valence electrons. The molecule has 1 unspecified atom stereocenters. The molecule has 0 aromatic heterocycles. The molecule has 2 rings (SSSR count). The van der Waals surface area contributed by atoms with Gasteiger partial charge < -0.3 is 16.2 Å².